The van der Waals surface area contributed by atoms with E-state index >= 15 is 0 Å². The van der Waals surface area contributed by atoms with E-state index in [2.05, 4.69) is 6.07 Å². The summed E-state index contributed by atoms with van der Waals surface area (Å²) in [7, 11) is -3.59. The molecule has 1 heterocycles. The van der Waals surface area contributed by atoms with Crippen molar-refractivity contribution in [3.63, 3.8) is 0 Å². The van der Waals surface area contributed by atoms with Gasteiger partial charge < -0.3 is 0 Å². The van der Waals surface area contributed by atoms with E-state index in [0.29, 0.717) is 0 Å². The number of carbonyl (C=O) groups excluding carboxylic acids is 1. The summed E-state index contributed by atoms with van der Waals surface area (Å²) in [5.41, 5.74) is 0.0949. The minimum atomic E-state index is -3.59. The fourth-order valence-electron chi connectivity index (χ4n) is 1.05. The molecule has 1 aliphatic rings. The third kappa shape index (κ3) is 0.831. The lowest BCUT2D eigenvalue weighted by atomic mass is 10.2. The highest BCUT2D eigenvalue weighted by molar-refractivity contribution is 7.90. The van der Waals surface area contributed by atoms with Crippen LogP contribution in [0.2, 0.25) is 0 Å². The number of amides is 1. The van der Waals surface area contributed by atoms with Gasteiger partial charge in [-0.15, -0.1) is 0 Å². The Balaban J connectivity index is 2.83. The van der Waals surface area contributed by atoms with Crippen LogP contribution in [0.1, 0.15) is 10.4 Å². The number of hydrogen-bond donors (Lipinski definition) is 1. The molecule has 1 amide bonds. The Labute approximate surface area is 69.3 Å². The normalized spacial score (nSPS) is 18.5. The molecule has 12 heavy (non-hydrogen) atoms. The van der Waals surface area contributed by atoms with Crippen LogP contribution in [0.15, 0.2) is 23.1 Å². The second-order valence-corrected chi connectivity index (χ2v) is 3.99. The summed E-state index contributed by atoms with van der Waals surface area (Å²) in [6.45, 7) is 0. The number of fused-ring (bicyclic) bond motifs is 1. The molecular formula is C7H4NO3S. The highest BCUT2D eigenvalue weighted by Gasteiger charge is 2.31. The lowest BCUT2D eigenvalue weighted by Crippen LogP contribution is -2.20. The van der Waals surface area contributed by atoms with E-state index in [1.807, 2.05) is 4.72 Å². The molecule has 1 radical (unpaired) electrons. The van der Waals surface area contributed by atoms with Crippen molar-refractivity contribution in [2.45, 2.75) is 4.90 Å². The molecule has 4 nitrogen and oxygen atoms in total. The van der Waals surface area contributed by atoms with Crippen molar-refractivity contribution in [1.82, 2.24) is 4.72 Å². The minimum Gasteiger partial charge on any atom is -0.268 e. The van der Waals surface area contributed by atoms with Gasteiger partial charge in [-0.2, -0.15) is 0 Å². The van der Waals surface area contributed by atoms with Crippen LogP contribution in [0.4, 0.5) is 0 Å². The fraction of sp³-hybridized carbons (Fsp3) is 0. The van der Waals surface area contributed by atoms with Crippen molar-refractivity contribution in [3.8, 4) is 0 Å². The van der Waals surface area contributed by atoms with Gasteiger partial charge in [-0.25, -0.2) is 13.1 Å². The van der Waals surface area contributed by atoms with Crippen molar-refractivity contribution in [2.24, 2.45) is 0 Å². The van der Waals surface area contributed by atoms with E-state index in [1.165, 1.54) is 18.2 Å². The molecule has 61 valence electrons. The van der Waals surface area contributed by atoms with Crippen molar-refractivity contribution in [3.05, 3.63) is 29.8 Å². The fourth-order valence-corrected chi connectivity index (χ4v) is 2.19. The first-order valence-electron chi connectivity index (χ1n) is 3.19. The van der Waals surface area contributed by atoms with Crippen LogP contribution >= 0.6 is 0 Å². The number of benzene rings is 1. The molecule has 0 unspecified atom stereocenters. The highest BCUT2D eigenvalue weighted by Crippen LogP contribution is 2.20. The standard InChI is InChI=1S/C7H4NO3S/c9-7-5-3-1-2-4-6(5)12(10,11)8-7/h1-2,4H,(H,8,9). The molecule has 5 heteroatoms. The summed E-state index contributed by atoms with van der Waals surface area (Å²) in [4.78, 5) is 11.0. The molecule has 0 aromatic heterocycles. The second-order valence-electron chi connectivity index (χ2n) is 2.34. The predicted molar refractivity (Wildman–Crippen MR) is 39.9 cm³/mol. The average molecular weight is 182 g/mol. The Kier molecular flexibility index (Phi) is 1.26. The summed E-state index contributed by atoms with van der Waals surface area (Å²) in [6, 6.07) is 6.96. The molecule has 0 bridgehead atoms. The van der Waals surface area contributed by atoms with Crippen LogP contribution in [0.5, 0.6) is 0 Å². The molecule has 1 aliphatic heterocycles. The molecule has 1 aromatic rings. The van der Waals surface area contributed by atoms with E-state index in [-0.39, 0.29) is 10.5 Å². The maximum atomic E-state index is 11.1. The molecule has 0 atom stereocenters. The van der Waals surface area contributed by atoms with Crippen LogP contribution < -0.4 is 4.72 Å². The molecule has 0 fully saturated rings. The zero-order chi connectivity index (χ0) is 8.77. The maximum Gasteiger partial charge on any atom is 0.267 e. The minimum absolute atomic E-state index is 0.00926. The first kappa shape index (κ1) is 7.30. The monoisotopic (exact) mass is 182 g/mol. The molecule has 1 N–H and O–H groups in total. The SMILES string of the molecule is O=C1NS(=O)(=O)c2ccc[c]c21. The van der Waals surface area contributed by atoms with E-state index in [9.17, 15) is 13.2 Å². The third-order valence-corrected chi connectivity index (χ3v) is 2.93. The average Bonchev–Trinajstić information content (AvgIpc) is 2.25. The largest absolute Gasteiger partial charge is 0.268 e. The van der Waals surface area contributed by atoms with Crippen molar-refractivity contribution >= 4 is 15.9 Å². The zero-order valence-corrected chi connectivity index (χ0v) is 6.68. The molecule has 0 saturated carbocycles. The predicted octanol–water partition coefficient (Wildman–Crippen LogP) is -0.0811. The summed E-state index contributed by atoms with van der Waals surface area (Å²) in [6.07, 6.45) is 0. The molecule has 0 aliphatic carbocycles. The number of nitrogens with one attached hydrogen (secondary N) is 1. The van der Waals surface area contributed by atoms with Crippen molar-refractivity contribution < 1.29 is 13.2 Å². The molecule has 1 aromatic carbocycles. The van der Waals surface area contributed by atoms with Gasteiger partial charge in [0.25, 0.3) is 15.9 Å². The van der Waals surface area contributed by atoms with Gasteiger partial charge in [0.1, 0.15) is 4.90 Å². The van der Waals surface area contributed by atoms with Gasteiger partial charge in [0.05, 0.1) is 5.56 Å². The Bertz CT molecular complexity index is 449. The Morgan fingerprint density at radius 1 is 1.42 bits per heavy atom. The lowest BCUT2D eigenvalue weighted by molar-refractivity contribution is 0.0985. The topological polar surface area (TPSA) is 63.2 Å². The van der Waals surface area contributed by atoms with Gasteiger partial charge >= 0.3 is 0 Å². The lowest BCUT2D eigenvalue weighted by Gasteiger charge is -1.91. The second kappa shape index (κ2) is 2.07. The molecule has 0 saturated heterocycles. The van der Waals surface area contributed by atoms with E-state index in [0.717, 1.165) is 0 Å². The van der Waals surface area contributed by atoms with Gasteiger partial charge in [0, 0.05) is 0 Å². The van der Waals surface area contributed by atoms with Gasteiger partial charge in [0.15, 0.2) is 0 Å². The quantitative estimate of drug-likeness (QED) is 0.610. The van der Waals surface area contributed by atoms with Crippen LogP contribution in [0.3, 0.4) is 0 Å². The first-order chi connectivity index (χ1) is 5.61. The number of sulfonamides is 1. The van der Waals surface area contributed by atoms with Crippen LogP contribution in [-0.2, 0) is 10.0 Å². The van der Waals surface area contributed by atoms with Crippen LogP contribution in [-0.4, -0.2) is 14.3 Å². The summed E-state index contributed by atoms with van der Waals surface area (Å²) in [5, 5.41) is 0. The van der Waals surface area contributed by atoms with Gasteiger partial charge in [-0.05, 0) is 12.1 Å². The molecule has 0 spiro atoms. The number of carbonyl (C=O) groups is 1. The van der Waals surface area contributed by atoms with Gasteiger partial charge in [-0.3, -0.25) is 4.79 Å². The van der Waals surface area contributed by atoms with Crippen molar-refractivity contribution in [2.75, 3.05) is 0 Å². The van der Waals surface area contributed by atoms with E-state index in [4.69, 9.17) is 0 Å². The van der Waals surface area contributed by atoms with Crippen LogP contribution in [0.25, 0.3) is 0 Å². The highest BCUT2D eigenvalue weighted by atomic mass is 32.2. The number of rotatable bonds is 0. The number of hydrogen-bond acceptors (Lipinski definition) is 3. The van der Waals surface area contributed by atoms with Crippen molar-refractivity contribution in [1.29, 1.82) is 0 Å². The van der Waals surface area contributed by atoms with E-state index < -0.39 is 15.9 Å². The summed E-state index contributed by atoms with van der Waals surface area (Å²) < 4.78 is 24.1. The molecule has 2 rings (SSSR count). The Morgan fingerprint density at radius 2 is 2.17 bits per heavy atom. The molecular weight excluding hydrogens is 178 g/mol. The zero-order valence-electron chi connectivity index (χ0n) is 5.87. The smallest absolute Gasteiger partial charge is 0.267 e. The summed E-state index contributed by atoms with van der Waals surface area (Å²) in [5.74, 6) is -0.606. The van der Waals surface area contributed by atoms with Gasteiger partial charge in [0.2, 0.25) is 0 Å². The maximum absolute atomic E-state index is 11.1. The van der Waals surface area contributed by atoms with E-state index in [1.54, 1.807) is 0 Å². The Hall–Kier alpha value is -1.36. The first-order valence-corrected chi connectivity index (χ1v) is 4.67. The summed E-state index contributed by atoms with van der Waals surface area (Å²) >= 11 is 0. The Morgan fingerprint density at radius 3 is 2.83 bits per heavy atom. The third-order valence-electron chi connectivity index (χ3n) is 1.56. The van der Waals surface area contributed by atoms with Crippen LogP contribution in [0, 0.1) is 6.07 Å². The van der Waals surface area contributed by atoms with Gasteiger partial charge in [-0.1, -0.05) is 12.1 Å².